The van der Waals surface area contributed by atoms with Crippen molar-refractivity contribution in [1.29, 1.82) is 0 Å². The number of aryl methyl sites for hydroxylation is 1. The van der Waals surface area contributed by atoms with Crippen LogP contribution in [0.4, 0.5) is 10.1 Å². The first-order valence-electron chi connectivity index (χ1n) is 14.0. The number of rotatable bonds is 10. The quantitative estimate of drug-likeness (QED) is 0.322. The number of likely N-dealkylation sites (tertiary alicyclic amines) is 1. The number of carbonyl (C=O) groups excluding carboxylic acids is 2. The highest BCUT2D eigenvalue weighted by Gasteiger charge is 2.33. The summed E-state index contributed by atoms with van der Waals surface area (Å²) in [7, 11) is 1.75. The van der Waals surface area contributed by atoms with E-state index in [-0.39, 0.29) is 40.4 Å². The Bertz CT molecular complexity index is 1430. The van der Waals surface area contributed by atoms with Crippen LogP contribution < -0.4 is 5.32 Å². The second kappa shape index (κ2) is 12.7. The Labute approximate surface area is 242 Å². The van der Waals surface area contributed by atoms with Crippen molar-refractivity contribution in [2.75, 3.05) is 18.4 Å². The molecule has 41 heavy (non-hydrogen) atoms. The summed E-state index contributed by atoms with van der Waals surface area (Å²) >= 11 is 6.41. The van der Waals surface area contributed by atoms with Gasteiger partial charge in [-0.2, -0.15) is 5.10 Å². The number of fused-ring (bicyclic) bond motifs is 1. The number of alkyl halides is 1. The topological polar surface area (TPSA) is 114 Å². The summed E-state index contributed by atoms with van der Waals surface area (Å²) in [5.41, 5.74) is 1.43. The molecule has 3 aromatic rings. The molecule has 2 N–H and O–H groups in total. The number of aromatic nitrogens is 2. The van der Waals surface area contributed by atoms with E-state index in [9.17, 15) is 19.5 Å². The van der Waals surface area contributed by atoms with Gasteiger partial charge in [-0.25, -0.2) is 4.39 Å². The third kappa shape index (κ3) is 6.60. The summed E-state index contributed by atoms with van der Waals surface area (Å²) in [4.78, 5) is 39.4. The lowest BCUT2D eigenvalue weighted by Gasteiger charge is -2.34. The van der Waals surface area contributed by atoms with Gasteiger partial charge >= 0.3 is 5.97 Å². The molecule has 2 aromatic carbocycles. The van der Waals surface area contributed by atoms with Crippen LogP contribution in [0.25, 0.3) is 10.9 Å². The number of hydrogen-bond acceptors (Lipinski definition) is 6. The van der Waals surface area contributed by atoms with Crippen molar-refractivity contribution in [2.45, 2.75) is 63.4 Å². The lowest BCUT2D eigenvalue weighted by atomic mass is 9.87. The molecule has 2 unspecified atom stereocenters. The van der Waals surface area contributed by atoms with Gasteiger partial charge in [0.15, 0.2) is 17.6 Å². The largest absolute Gasteiger partial charge is 0.481 e. The van der Waals surface area contributed by atoms with Crippen LogP contribution in [-0.2, 0) is 21.4 Å². The molecule has 0 spiro atoms. The molecule has 218 valence electrons. The Morgan fingerprint density at radius 2 is 1.83 bits per heavy atom. The van der Waals surface area contributed by atoms with Crippen LogP contribution >= 0.6 is 11.6 Å². The van der Waals surface area contributed by atoms with Crippen LogP contribution in [0.2, 0.25) is 5.02 Å². The maximum Gasteiger partial charge on any atom is 0.306 e. The summed E-state index contributed by atoms with van der Waals surface area (Å²) in [5, 5.41) is 17.1. The van der Waals surface area contributed by atoms with E-state index in [1.807, 2.05) is 18.2 Å². The number of ether oxygens (including phenoxy) is 1. The van der Waals surface area contributed by atoms with Crippen LogP contribution in [0.5, 0.6) is 0 Å². The standard InChI is InChI=1S/C30H34ClFN4O5/c1-35-24-7-3-2-6-21(24)28(34-35)29(38)33-23-13-10-19(16-22(23)31)27(32)25(37)17-26(36-14-4-5-15-36)41-20-11-8-18(9-12-20)30(39)40/h2-3,6-7,10,13,16,18,20,26-27H,4-5,8-9,11-12,14-15,17H2,1H3,(H,33,38)(H,39,40). The lowest BCUT2D eigenvalue weighted by Crippen LogP contribution is -2.41. The number of benzene rings is 2. The molecule has 1 amide bonds. The zero-order valence-electron chi connectivity index (χ0n) is 22.9. The van der Waals surface area contributed by atoms with Crippen molar-refractivity contribution >= 4 is 45.9 Å². The van der Waals surface area contributed by atoms with Crippen LogP contribution in [0.1, 0.15) is 67.2 Å². The Balaban J connectivity index is 1.23. The van der Waals surface area contributed by atoms with E-state index in [1.54, 1.807) is 17.8 Å². The fourth-order valence-corrected chi connectivity index (χ4v) is 6.01. The second-order valence-electron chi connectivity index (χ2n) is 10.9. The number of nitrogens with zero attached hydrogens (tertiary/aromatic N) is 3. The van der Waals surface area contributed by atoms with Gasteiger partial charge in [0.05, 0.1) is 28.2 Å². The van der Waals surface area contributed by atoms with Crippen molar-refractivity contribution in [3.05, 3.63) is 58.7 Å². The number of carbonyl (C=O) groups is 3. The number of anilines is 1. The first-order valence-corrected chi connectivity index (χ1v) is 14.4. The molecule has 1 saturated carbocycles. The van der Waals surface area contributed by atoms with Gasteiger partial charge < -0.3 is 15.2 Å². The number of halogens is 2. The van der Waals surface area contributed by atoms with Crippen LogP contribution in [0.15, 0.2) is 42.5 Å². The Kier molecular flexibility index (Phi) is 9.01. The van der Waals surface area contributed by atoms with Gasteiger partial charge in [-0.05, 0) is 62.3 Å². The van der Waals surface area contributed by atoms with Crippen molar-refractivity contribution in [2.24, 2.45) is 13.0 Å². The van der Waals surface area contributed by atoms with Gasteiger partial charge in [0, 0.05) is 31.9 Å². The maximum atomic E-state index is 15.5. The highest BCUT2D eigenvalue weighted by atomic mass is 35.5. The number of aliphatic carboxylic acids is 1. The SMILES string of the molecule is Cn1nc(C(=O)Nc2ccc(C(F)C(=O)CC(OC3CCC(C(=O)O)CC3)N3CCCC3)cc2Cl)c2ccccc21. The molecular weight excluding hydrogens is 551 g/mol. The first-order chi connectivity index (χ1) is 19.7. The summed E-state index contributed by atoms with van der Waals surface area (Å²) < 4.78 is 23.4. The average molecular weight is 585 g/mol. The Hall–Kier alpha value is -3.34. The highest BCUT2D eigenvalue weighted by Crippen LogP contribution is 2.32. The number of nitrogens with one attached hydrogen (secondary N) is 1. The smallest absolute Gasteiger partial charge is 0.306 e. The minimum absolute atomic E-state index is 0.100. The van der Waals surface area contributed by atoms with Gasteiger partial charge in [-0.3, -0.25) is 24.0 Å². The van der Waals surface area contributed by atoms with Gasteiger partial charge in [0.2, 0.25) is 0 Å². The fraction of sp³-hybridized carbons (Fsp3) is 0.467. The summed E-state index contributed by atoms with van der Waals surface area (Å²) in [6.07, 6.45) is 1.49. The summed E-state index contributed by atoms with van der Waals surface area (Å²) in [6, 6.07) is 11.6. The molecule has 2 atom stereocenters. The molecule has 0 radical (unpaired) electrons. The van der Waals surface area contributed by atoms with E-state index in [2.05, 4.69) is 15.3 Å². The van der Waals surface area contributed by atoms with Gasteiger partial charge in [0.25, 0.3) is 5.91 Å². The fourth-order valence-electron chi connectivity index (χ4n) is 5.78. The zero-order valence-corrected chi connectivity index (χ0v) is 23.6. The molecule has 1 aliphatic heterocycles. The molecule has 2 heterocycles. The molecular formula is C30H34ClFN4O5. The number of ketones is 1. The molecule has 2 fully saturated rings. The maximum absolute atomic E-state index is 15.5. The average Bonchev–Trinajstić information content (AvgIpc) is 3.62. The van der Waals surface area contributed by atoms with Gasteiger partial charge in [0.1, 0.15) is 6.23 Å². The number of hydrogen-bond donors (Lipinski definition) is 2. The third-order valence-electron chi connectivity index (χ3n) is 8.09. The predicted octanol–water partition coefficient (Wildman–Crippen LogP) is 5.53. The van der Waals surface area contributed by atoms with Gasteiger partial charge in [-0.1, -0.05) is 35.9 Å². The minimum atomic E-state index is -1.91. The zero-order chi connectivity index (χ0) is 29.1. The van der Waals surface area contributed by atoms with Crippen LogP contribution in [-0.4, -0.2) is 62.9 Å². The third-order valence-corrected chi connectivity index (χ3v) is 8.40. The van der Waals surface area contributed by atoms with E-state index in [1.165, 1.54) is 18.2 Å². The predicted molar refractivity (Wildman–Crippen MR) is 153 cm³/mol. The van der Waals surface area contributed by atoms with E-state index in [0.717, 1.165) is 31.4 Å². The van der Waals surface area contributed by atoms with E-state index >= 15 is 4.39 Å². The number of carboxylic acid groups (broad SMARTS) is 1. The van der Waals surface area contributed by atoms with Crippen LogP contribution in [0, 0.1) is 5.92 Å². The molecule has 1 aliphatic carbocycles. The van der Waals surface area contributed by atoms with E-state index < -0.39 is 30.1 Å². The van der Waals surface area contributed by atoms with E-state index in [0.29, 0.717) is 31.1 Å². The van der Waals surface area contributed by atoms with Crippen LogP contribution in [0.3, 0.4) is 0 Å². The Morgan fingerprint density at radius 3 is 2.51 bits per heavy atom. The monoisotopic (exact) mass is 584 g/mol. The molecule has 9 nitrogen and oxygen atoms in total. The van der Waals surface area contributed by atoms with Crippen molar-refractivity contribution < 1.29 is 28.6 Å². The number of para-hydroxylation sites is 1. The number of Topliss-reactive ketones (excluding diaryl/α,β-unsaturated/α-hetero) is 1. The van der Waals surface area contributed by atoms with Crippen molar-refractivity contribution in [3.8, 4) is 0 Å². The molecule has 0 bridgehead atoms. The highest BCUT2D eigenvalue weighted by molar-refractivity contribution is 6.34. The normalized spacial score (nSPS) is 21.0. The minimum Gasteiger partial charge on any atom is -0.481 e. The second-order valence-corrected chi connectivity index (χ2v) is 11.3. The molecule has 2 aliphatic rings. The van der Waals surface area contributed by atoms with Crippen molar-refractivity contribution in [1.82, 2.24) is 14.7 Å². The van der Waals surface area contributed by atoms with Crippen molar-refractivity contribution in [3.63, 3.8) is 0 Å². The summed E-state index contributed by atoms with van der Waals surface area (Å²) in [6.45, 7) is 1.54. The van der Waals surface area contributed by atoms with Gasteiger partial charge in [-0.15, -0.1) is 0 Å². The number of carboxylic acids is 1. The van der Waals surface area contributed by atoms with E-state index in [4.69, 9.17) is 16.3 Å². The lowest BCUT2D eigenvalue weighted by molar-refractivity contribution is -0.148. The molecule has 11 heteroatoms. The Morgan fingerprint density at radius 1 is 1.12 bits per heavy atom. The number of amides is 1. The molecule has 5 rings (SSSR count). The summed E-state index contributed by atoms with van der Waals surface area (Å²) in [5.74, 6) is -2.22. The molecule has 1 saturated heterocycles. The first kappa shape index (κ1) is 29.2. The molecule has 1 aromatic heterocycles.